The van der Waals surface area contributed by atoms with Crippen LogP contribution in [0.5, 0.6) is 0 Å². The van der Waals surface area contributed by atoms with Crippen molar-refractivity contribution >= 4 is 5.78 Å². The molecule has 1 N–H and O–H groups in total. The van der Waals surface area contributed by atoms with Crippen LogP contribution in [0.25, 0.3) is 0 Å². The molecule has 0 aromatic carbocycles. The quantitative estimate of drug-likeness (QED) is 0.839. The highest BCUT2D eigenvalue weighted by Gasteiger charge is 2.22. The fraction of sp³-hybridized carbons (Fsp3) is 0.667. The van der Waals surface area contributed by atoms with Crippen molar-refractivity contribution in [2.45, 2.75) is 26.7 Å². The molecule has 1 aromatic rings. The summed E-state index contributed by atoms with van der Waals surface area (Å²) in [5, 5.41) is 9.12. The lowest BCUT2D eigenvalue weighted by atomic mass is 9.97. The molecule has 106 valence electrons. The van der Waals surface area contributed by atoms with Crippen molar-refractivity contribution in [1.29, 1.82) is 0 Å². The van der Waals surface area contributed by atoms with Crippen LogP contribution in [0.4, 0.5) is 0 Å². The molecule has 19 heavy (non-hydrogen) atoms. The summed E-state index contributed by atoms with van der Waals surface area (Å²) in [5.74, 6) is 0.635. The number of piperidine rings is 1. The average molecular weight is 264 g/mol. The molecule has 0 spiro atoms. The number of aliphatic hydroxyl groups excluding tert-OH is 1. The van der Waals surface area contributed by atoms with E-state index in [9.17, 15) is 4.79 Å². The van der Waals surface area contributed by atoms with Gasteiger partial charge in [-0.15, -0.1) is 0 Å². The molecule has 4 nitrogen and oxygen atoms in total. The summed E-state index contributed by atoms with van der Waals surface area (Å²) < 4.78 is 2.06. The van der Waals surface area contributed by atoms with Gasteiger partial charge in [-0.1, -0.05) is 0 Å². The molecule has 1 fully saturated rings. The first kappa shape index (κ1) is 14.3. The van der Waals surface area contributed by atoms with Gasteiger partial charge in [0.1, 0.15) is 0 Å². The van der Waals surface area contributed by atoms with Gasteiger partial charge in [-0.05, 0) is 51.8 Å². The van der Waals surface area contributed by atoms with Gasteiger partial charge < -0.3 is 9.67 Å². The minimum Gasteiger partial charge on any atom is -0.396 e. The van der Waals surface area contributed by atoms with E-state index in [1.54, 1.807) is 0 Å². The zero-order valence-corrected chi connectivity index (χ0v) is 12.1. The average Bonchev–Trinajstić information content (AvgIpc) is 2.67. The highest BCUT2D eigenvalue weighted by Crippen LogP contribution is 2.18. The van der Waals surface area contributed by atoms with Crippen molar-refractivity contribution in [2.24, 2.45) is 13.0 Å². The van der Waals surface area contributed by atoms with Crippen LogP contribution in [0.3, 0.4) is 0 Å². The van der Waals surface area contributed by atoms with Gasteiger partial charge in [-0.2, -0.15) is 0 Å². The van der Waals surface area contributed by atoms with Crippen molar-refractivity contribution in [3.63, 3.8) is 0 Å². The predicted molar refractivity (Wildman–Crippen MR) is 75.5 cm³/mol. The number of hydrogen-bond donors (Lipinski definition) is 1. The summed E-state index contributed by atoms with van der Waals surface area (Å²) in [7, 11) is 1.99. The smallest absolute Gasteiger partial charge is 0.178 e. The number of likely N-dealkylation sites (tertiary alicyclic amines) is 1. The Hall–Kier alpha value is -1.13. The normalized spacial score (nSPS) is 17.9. The van der Waals surface area contributed by atoms with Gasteiger partial charge in [0.05, 0.1) is 6.54 Å². The predicted octanol–water partition coefficient (Wildman–Crippen LogP) is 1.53. The first-order valence-corrected chi connectivity index (χ1v) is 7.02. The van der Waals surface area contributed by atoms with Crippen LogP contribution in [0.15, 0.2) is 6.07 Å². The number of carbonyl (C=O) groups is 1. The molecule has 0 bridgehead atoms. The maximum atomic E-state index is 12.3. The Balaban J connectivity index is 1.96. The number of Topliss-reactive ketones (excluding diaryl/α,β-unsaturated/α-hetero) is 1. The van der Waals surface area contributed by atoms with Crippen LogP contribution in [-0.2, 0) is 7.05 Å². The van der Waals surface area contributed by atoms with Gasteiger partial charge in [0.15, 0.2) is 5.78 Å². The molecule has 0 saturated carbocycles. The zero-order chi connectivity index (χ0) is 14.0. The van der Waals surface area contributed by atoms with Crippen LogP contribution in [0, 0.1) is 19.8 Å². The van der Waals surface area contributed by atoms with Gasteiger partial charge in [0.25, 0.3) is 0 Å². The number of nitrogens with zero attached hydrogens (tertiary/aromatic N) is 2. The van der Waals surface area contributed by atoms with Crippen LogP contribution in [-0.4, -0.2) is 46.6 Å². The minimum absolute atomic E-state index is 0.212. The lowest BCUT2D eigenvalue weighted by Gasteiger charge is -2.30. The lowest BCUT2D eigenvalue weighted by molar-refractivity contribution is 0.0863. The summed E-state index contributed by atoms with van der Waals surface area (Å²) in [6.07, 6.45) is 1.99. The standard InChI is InChI=1S/C15H24N2O2/c1-11-8-14(12(2)16(11)3)15(19)9-17-6-4-13(10-18)5-7-17/h8,13,18H,4-7,9-10H2,1-3H3. The Morgan fingerprint density at radius 2 is 2.00 bits per heavy atom. The van der Waals surface area contributed by atoms with Crippen LogP contribution < -0.4 is 0 Å². The summed E-state index contributed by atoms with van der Waals surface area (Å²) in [4.78, 5) is 14.6. The summed E-state index contributed by atoms with van der Waals surface area (Å²) in [6.45, 7) is 6.64. The molecule has 2 heterocycles. The molecular weight excluding hydrogens is 240 g/mol. The first-order chi connectivity index (χ1) is 9.02. The molecule has 1 aliphatic heterocycles. The fourth-order valence-electron chi connectivity index (χ4n) is 2.75. The molecule has 1 aromatic heterocycles. The van der Waals surface area contributed by atoms with E-state index in [-0.39, 0.29) is 12.4 Å². The van der Waals surface area contributed by atoms with E-state index in [2.05, 4.69) is 9.47 Å². The largest absolute Gasteiger partial charge is 0.396 e. The van der Waals surface area contributed by atoms with Crippen molar-refractivity contribution in [2.75, 3.05) is 26.2 Å². The van der Waals surface area contributed by atoms with Gasteiger partial charge in [0.2, 0.25) is 0 Å². The molecule has 1 aliphatic rings. The topological polar surface area (TPSA) is 45.5 Å². The van der Waals surface area contributed by atoms with Gasteiger partial charge in [-0.3, -0.25) is 9.69 Å². The molecular formula is C15H24N2O2. The van der Waals surface area contributed by atoms with E-state index in [0.717, 1.165) is 42.9 Å². The second-order valence-electron chi connectivity index (χ2n) is 5.67. The zero-order valence-electron chi connectivity index (χ0n) is 12.1. The van der Waals surface area contributed by atoms with Crippen molar-refractivity contribution in [3.8, 4) is 0 Å². The Kier molecular flexibility index (Phi) is 4.42. The number of carbonyl (C=O) groups excluding carboxylic acids is 1. The van der Waals surface area contributed by atoms with Crippen LogP contribution in [0.1, 0.15) is 34.6 Å². The van der Waals surface area contributed by atoms with E-state index in [4.69, 9.17) is 5.11 Å². The van der Waals surface area contributed by atoms with Gasteiger partial charge >= 0.3 is 0 Å². The number of aliphatic hydroxyl groups is 1. The molecule has 2 rings (SSSR count). The molecule has 0 unspecified atom stereocenters. The number of hydrogen-bond acceptors (Lipinski definition) is 3. The van der Waals surface area contributed by atoms with Gasteiger partial charge in [0, 0.05) is 30.6 Å². The summed E-state index contributed by atoms with van der Waals surface area (Å²) in [5.41, 5.74) is 3.02. The Bertz CT molecular complexity index is 457. The Morgan fingerprint density at radius 1 is 1.37 bits per heavy atom. The summed E-state index contributed by atoms with van der Waals surface area (Å²) in [6, 6.07) is 1.98. The molecule has 0 radical (unpaired) electrons. The highest BCUT2D eigenvalue weighted by molar-refractivity contribution is 5.99. The van der Waals surface area contributed by atoms with E-state index in [1.807, 2.05) is 27.0 Å². The SMILES string of the molecule is Cc1cc(C(=O)CN2CCC(CO)CC2)c(C)n1C. The molecule has 4 heteroatoms. The van der Waals surface area contributed by atoms with Crippen molar-refractivity contribution < 1.29 is 9.90 Å². The van der Waals surface area contributed by atoms with Crippen molar-refractivity contribution in [3.05, 3.63) is 23.0 Å². The second kappa shape index (κ2) is 5.88. The minimum atomic E-state index is 0.212. The second-order valence-corrected chi connectivity index (χ2v) is 5.67. The number of ketones is 1. The summed E-state index contributed by atoms with van der Waals surface area (Å²) >= 11 is 0. The van der Waals surface area contributed by atoms with Crippen LogP contribution in [0.2, 0.25) is 0 Å². The van der Waals surface area contributed by atoms with Crippen LogP contribution >= 0.6 is 0 Å². The number of rotatable bonds is 4. The molecule has 0 aliphatic carbocycles. The molecule has 1 saturated heterocycles. The monoisotopic (exact) mass is 264 g/mol. The number of aryl methyl sites for hydroxylation is 1. The first-order valence-electron chi connectivity index (χ1n) is 7.02. The molecule has 0 atom stereocenters. The van der Waals surface area contributed by atoms with Gasteiger partial charge in [-0.25, -0.2) is 0 Å². The highest BCUT2D eigenvalue weighted by atomic mass is 16.3. The maximum absolute atomic E-state index is 12.3. The third-order valence-corrected chi connectivity index (χ3v) is 4.41. The lowest BCUT2D eigenvalue weighted by Crippen LogP contribution is -2.38. The van der Waals surface area contributed by atoms with Crippen molar-refractivity contribution in [1.82, 2.24) is 9.47 Å². The number of aromatic nitrogens is 1. The molecule has 0 amide bonds. The Morgan fingerprint density at radius 3 is 2.47 bits per heavy atom. The fourth-order valence-corrected chi connectivity index (χ4v) is 2.75. The maximum Gasteiger partial charge on any atom is 0.178 e. The van der Waals surface area contributed by atoms with E-state index in [1.165, 1.54) is 0 Å². The third kappa shape index (κ3) is 3.07. The van der Waals surface area contributed by atoms with E-state index < -0.39 is 0 Å². The Labute approximate surface area is 115 Å². The van der Waals surface area contributed by atoms with E-state index in [0.29, 0.717) is 12.5 Å². The third-order valence-electron chi connectivity index (χ3n) is 4.41. The van der Waals surface area contributed by atoms with E-state index >= 15 is 0 Å².